The van der Waals surface area contributed by atoms with Crippen LogP contribution in [0.4, 0.5) is 0 Å². The zero-order valence-corrected chi connectivity index (χ0v) is 29.5. The molecule has 270 valence electrons. The maximum absolute atomic E-state index is 12.9. The number of fused-ring (bicyclic) bond motifs is 6. The van der Waals surface area contributed by atoms with Crippen LogP contribution in [0.2, 0.25) is 0 Å². The van der Waals surface area contributed by atoms with Crippen LogP contribution in [0.1, 0.15) is 99.8 Å². The molecule has 9 unspecified atom stereocenters. The average molecular weight is 677 g/mol. The minimum absolute atomic E-state index is 0.0420. The molecule has 48 heavy (non-hydrogen) atoms. The number of epoxide rings is 1. The molecule has 0 aromatic heterocycles. The second-order valence-electron chi connectivity index (χ2n) is 18.9. The largest absolute Gasteiger partial charge is 0.462 e. The van der Waals surface area contributed by atoms with E-state index in [-0.39, 0.29) is 75.9 Å². The van der Waals surface area contributed by atoms with Gasteiger partial charge in [-0.3, -0.25) is 4.79 Å². The average Bonchev–Trinajstić information content (AvgIpc) is 3.84. The number of aliphatic hydroxyl groups excluding tert-OH is 4. The smallest absolute Gasteiger partial charge is 0.302 e. The molecule has 11 nitrogen and oxygen atoms in total. The Bertz CT molecular complexity index is 1390. The molecule has 0 radical (unpaired) electrons. The molecule has 3 spiro atoms. The SMILES string of the molecule is CC(=O)O[C@@H]1C[C@@]23CC24CCC(OC2OCC(O)C(O)C2O)C(C)(C)C4CCC3[C@]2(C)C[C@@H]3O[C@]4(C[C@@H](C)C3[C@@]12C)O[C@@H](O)[C@@]1(C)O[C@H]41. The van der Waals surface area contributed by atoms with E-state index in [1.54, 1.807) is 6.92 Å². The number of hydrogen-bond donors (Lipinski definition) is 4. The van der Waals surface area contributed by atoms with Crippen molar-refractivity contribution in [3.05, 3.63) is 0 Å². The number of aliphatic hydroxyl groups is 4. The molecule has 4 aliphatic heterocycles. The van der Waals surface area contributed by atoms with E-state index < -0.39 is 42.3 Å². The Morgan fingerprint density at radius 2 is 1.56 bits per heavy atom. The molecule has 4 saturated heterocycles. The van der Waals surface area contributed by atoms with E-state index in [1.807, 2.05) is 6.92 Å². The zero-order valence-electron chi connectivity index (χ0n) is 29.5. The Hall–Kier alpha value is -0.890. The van der Waals surface area contributed by atoms with Gasteiger partial charge in [-0.2, -0.15) is 0 Å². The van der Waals surface area contributed by atoms with Crippen LogP contribution in [0.3, 0.4) is 0 Å². The van der Waals surface area contributed by atoms with Crippen LogP contribution in [0.25, 0.3) is 0 Å². The lowest BCUT2D eigenvalue weighted by Crippen LogP contribution is -2.64. The van der Waals surface area contributed by atoms with E-state index in [9.17, 15) is 25.2 Å². The summed E-state index contributed by atoms with van der Waals surface area (Å²) in [6, 6.07) is 0. The summed E-state index contributed by atoms with van der Waals surface area (Å²) in [6.07, 6.45) is 0.880. The van der Waals surface area contributed by atoms with Gasteiger partial charge in [0.05, 0.1) is 18.8 Å². The van der Waals surface area contributed by atoms with Crippen molar-refractivity contribution in [3.63, 3.8) is 0 Å². The second kappa shape index (κ2) is 9.75. The summed E-state index contributed by atoms with van der Waals surface area (Å²) in [5, 5.41) is 41.7. The van der Waals surface area contributed by atoms with Crippen LogP contribution in [0.15, 0.2) is 0 Å². The van der Waals surface area contributed by atoms with Crippen LogP contribution in [-0.4, -0.2) is 99.7 Å². The normalized spacial score (nSPS) is 63.3. The Balaban J connectivity index is 1.03. The third kappa shape index (κ3) is 3.74. The molecule has 5 aliphatic carbocycles. The second-order valence-corrected chi connectivity index (χ2v) is 18.9. The van der Waals surface area contributed by atoms with Crippen molar-refractivity contribution in [3.8, 4) is 0 Å². The lowest BCUT2D eigenvalue weighted by atomic mass is 9.41. The molecular formula is C37H56O11. The molecule has 5 saturated carbocycles. The quantitative estimate of drug-likeness (QED) is 0.198. The third-order valence-corrected chi connectivity index (χ3v) is 16.8. The predicted octanol–water partition coefficient (Wildman–Crippen LogP) is 3.03. The monoisotopic (exact) mass is 676 g/mol. The van der Waals surface area contributed by atoms with Gasteiger partial charge in [0.1, 0.15) is 36.1 Å². The Morgan fingerprint density at radius 3 is 2.23 bits per heavy atom. The van der Waals surface area contributed by atoms with Gasteiger partial charge in [-0.1, -0.05) is 34.6 Å². The van der Waals surface area contributed by atoms with E-state index in [4.69, 9.17) is 28.4 Å². The van der Waals surface area contributed by atoms with E-state index in [2.05, 4.69) is 34.6 Å². The third-order valence-electron chi connectivity index (χ3n) is 16.8. The topological polar surface area (TPSA) is 157 Å². The van der Waals surface area contributed by atoms with Crippen molar-refractivity contribution in [2.45, 2.75) is 167 Å². The summed E-state index contributed by atoms with van der Waals surface area (Å²) in [5.74, 6) is 0.0295. The molecule has 0 bridgehead atoms. The van der Waals surface area contributed by atoms with Crippen molar-refractivity contribution in [2.24, 2.45) is 50.7 Å². The van der Waals surface area contributed by atoms with E-state index >= 15 is 0 Å². The highest BCUT2D eigenvalue weighted by Crippen LogP contribution is 2.89. The molecule has 9 aliphatic rings. The van der Waals surface area contributed by atoms with Crippen molar-refractivity contribution in [1.29, 1.82) is 0 Å². The predicted molar refractivity (Wildman–Crippen MR) is 168 cm³/mol. The van der Waals surface area contributed by atoms with Gasteiger partial charge in [0, 0.05) is 18.8 Å². The lowest BCUT2D eigenvalue weighted by Gasteiger charge is -2.65. The van der Waals surface area contributed by atoms with Gasteiger partial charge in [0.15, 0.2) is 12.6 Å². The first kappa shape index (κ1) is 33.0. The first-order valence-electron chi connectivity index (χ1n) is 18.6. The molecule has 0 aromatic rings. The van der Waals surface area contributed by atoms with Crippen LogP contribution >= 0.6 is 0 Å². The number of carbonyl (C=O) groups is 1. The van der Waals surface area contributed by atoms with Crippen molar-refractivity contribution in [1.82, 2.24) is 0 Å². The number of ether oxygens (including phenoxy) is 6. The molecule has 0 amide bonds. The van der Waals surface area contributed by atoms with Gasteiger partial charge < -0.3 is 48.8 Å². The lowest BCUT2D eigenvalue weighted by molar-refractivity contribution is -0.346. The first-order valence-corrected chi connectivity index (χ1v) is 18.6. The van der Waals surface area contributed by atoms with Gasteiger partial charge in [0.25, 0.3) is 0 Å². The fourth-order valence-corrected chi connectivity index (χ4v) is 14.6. The number of carbonyl (C=O) groups excluding carboxylic acids is 1. The van der Waals surface area contributed by atoms with Crippen LogP contribution in [0, 0.1) is 50.7 Å². The van der Waals surface area contributed by atoms with Crippen molar-refractivity contribution >= 4 is 5.97 Å². The Kier molecular flexibility index (Phi) is 6.70. The molecule has 4 heterocycles. The molecule has 19 atom stereocenters. The van der Waals surface area contributed by atoms with E-state index in [1.165, 1.54) is 0 Å². The summed E-state index contributed by atoms with van der Waals surface area (Å²) < 4.78 is 37.9. The summed E-state index contributed by atoms with van der Waals surface area (Å²) in [7, 11) is 0. The van der Waals surface area contributed by atoms with Crippen LogP contribution < -0.4 is 0 Å². The molecule has 9 fully saturated rings. The standard InChI is InChI=1S/C37H56O11/c1-17-12-37(29-34(7,47-29)30(42)48-37)46-20-13-32(5)22-9-8-21-31(3,4)23(45-28-27(41)26(40)19(39)15-43-28)10-11-35(21)16-36(22,35)14-24(44-18(2)38)33(32,6)25(17)20/h17,19-30,39-42H,8-16H2,1-7H3/t17-,19?,20+,21?,22?,23?,24-,25?,26?,27?,28?,29+,30-,32+,33-,34+,35?,36+,37-/m1/s1. The van der Waals surface area contributed by atoms with Crippen LogP contribution in [0.5, 0.6) is 0 Å². The van der Waals surface area contributed by atoms with Crippen molar-refractivity contribution in [2.75, 3.05) is 6.61 Å². The van der Waals surface area contributed by atoms with Gasteiger partial charge in [-0.25, -0.2) is 0 Å². The molecule has 9 rings (SSSR count). The van der Waals surface area contributed by atoms with Gasteiger partial charge in [-0.05, 0) is 97.2 Å². The van der Waals surface area contributed by atoms with Gasteiger partial charge in [-0.15, -0.1) is 0 Å². The minimum Gasteiger partial charge on any atom is -0.462 e. The Labute approximate surface area is 283 Å². The van der Waals surface area contributed by atoms with Gasteiger partial charge in [0.2, 0.25) is 5.79 Å². The molecule has 0 aromatic carbocycles. The summed E-state index contributed by atoms with van der Waals surface area (Å²) in [4.78, 5) is 12.9. The van der Waals surface area contributed by atoms with E-state index in [0.29, 0.717) is 18.3 Å². The summed E-state index contributed by atoms with van der Waals surface area (Å²) in [6.45, 7) is 15.1. The molecular weight excluding hydrogens is 620 g/mol. The number of rotatable bonds is 3. The highest BCUT2D eigenvalue weighted by Gasteiger charge is 2.87. The van der Waals surface area contributed by atoms with Crippen molar-refractivity contribution < 1.29 is 53.6 Å². The minimum atomic E-state index is -1.31. The summed E-state index contributed by atoms with van der Waals surface area (Å²) >= 11 is 0. The number of hydrogen-bond acceptors (Lipinski definition) is 11. The maximum atomic E-state index is 12.9. The maximum Gasteiger partial charge on any atom is 0.302 e. The highest BCUT2D eigenvalue weighted by atomic mass is 16.8. The highest BCUT2D eigenvalue weighted by molar-refractivity contribution is 5.66. The first-order chi connectivity index (χ1) is 22.4. The summed E-state index contributed by atoms with van der Waals surface area (Å²) in [5.41, 5.74) is -1.23. The van der Waals surface area contributed by atoms with Crippen LogP contribution in [-0.2, 0) is 33.2 Å². The van der Waals surface area contributed by atoms with Gasteiger partial charge >= 0.3 is 5.97 Å². The molecule has 11 heteroatoms. The van der Waals surface area contributed by atoms with E-state index in [0.717, 1.165) is 44.9 Å². The zero-order chi connectivity index (χ0) is 34.2. The molecule has 4 N–H and O–H groups in total. The Morgan fingerprint density at radius 1 is 0.833 bits per heavy atom. The fourth-order valence-electron chi connectivity index (χ4n) is 14.6. The fraction of sp³-hybridized carbons (Fsp3) is 0.973. The number of esters is 1.